The highest BCUT2D eigenvalue weighted by atomic mass is 32.1. The zero-order valence-electron chi connectivity index (χ0n) is 16.9. The fourth-order valence-electron chi connectivity index (χ4n) is 3.94. The molecule has 8 nitrogen and oxygen atoms in total. The van der Waals surface area contributed by atoms with Crippen molar-refractivity contribution in [1.82, 2.24) is 14.5 Å². The zero-order valence-corrected chi connectivity index (χ0v) is 17.7. The molecule has 0 spiro atoms. The van der Waals surface area contributed by atoms with Crippen molar-refractivity contribution < 1.29 is 9.72 Å². The standard InChI is InChI=1S/C21H22N4O4S/c1-13-17-19(22-16-10-4-3-7-11-24(16)20(17)26)30-18(13)21(27)23(2)12-14-8-5-6-9-15(14)25(28)29/h5-6,8-9H,3-4,7,10-12H2,1-2H3. The highest BCUT2D eigenvalue weighted by molar-refractivity contribution is 7.20. The van der Waals surface area contributed by atoms with Crippen molar-refractivity contribution in [3.8, 4) is 0 Å². The number of carbonyl (C=O) groups excluding carboxylic acids is 1. The minimum absolute atomic E-state index is 0.0196. The number of para-hydroxylation sites is 1. The Morgan fingerprint density at radius 3 is 2.83 bits per heavy atom. The van der Waals surface area contributed by atoms with E-state index in [2.05, 4.69) is 0 Å². The maximum absolute atomic E-state index is 13.1. The lowest BCUT2D eigenvalue weighted by molar-refractivity contribution is -0.385. The number of hydrogen-bond donors (Lipinski definition) is 0. The van der Waals surface area contributed by atoms with E-state index in [1.807, 2.05) is 0 Å². The van der Waals surface area contributed by atoms with Crippen molar-refractivity contribution >= 4 is 33.1 Å². The van der Waals surface area contributed by atoms with Gasteiger partial charge in [0.15, 0.2) is 0 Å². The van der Waals surface area contributed by atoms with Crippen molar-refractivity contribution in [3.63, 3.8) is 0 Å². The molecule has 9 heteroatoms. The minimum Gasteiger partial charge on any atom is -0.336 e. The number of carbonyl (C=O) groups is 1. The maximum atomic E-state index is 13.1. The van der Waals surface area contributed by atoms with Gasteiger partial charge in [0, 0.05) is 31.6 Å². The molecule has 0 saturated heterocycles. The number of aromatic nitrogens is 2. The molecule has 2 aromatic heterocycles. The molecule has 1 aliphatic rings. The van der Waals surface area contributed by atoms with Crippen molar-refractivity contribution in [2.24, 2.45) is 0 Å². The number of thiophene rings is 1. The van der Waals surface area contributed by atoms with Crippen LogP contribution in [0, 0.1) is 17.0 Å². The summed E-state index contributed by atoms with van der Waals surface area (Å²) in [5, 5.41) is 11.8. The van der Waals surface area contributed by atoms with Crippen LogP contribution in [0.2, 0.25) is 0 Å². The third-order valence-electron chi connectivity index (χ3n) is 5.55. The summed E-state index contributed by atoms with van der Waals surface area (Å²) in [4.78, 5) is 44.2. The topological polar surface area (TPSA) is 98.3 Å². The summed E-state index contributed by atoms with van der Waals surface area (Å²) >= 11 is 1.23. The number of fused-ring (bicyclic) bond motifs is 2. The van der Waals surface area contributed by atoms with Gasteiger partial charge in [-0.2, -0.15) is 0 Å². The molecule has 0 unspecified atom stereocenters. The van der Waals surface area contributed by atoms with E-state index in [-0.39, 0.29) is 23.7 Å². The number of nitrogens with zero attached hydrogens (tertiary/aromatic N) is 4. The van der Waals surface area contributed by atoms with Gasteiger partial charge >= 0.3 is 0 Å². The summed E-state index contributed by atoms with van der Waals surface area (Å²) in [7, 11) is 1.61. The first-order chi connectivity index (χ1) is 14.4. The van der Waals surface area contributed by atoms with Gasteiger partial charge in [-0.3, -0.25) is 24.3 Å². The lowest BCUT2D eigenvalue weighted by Gasteiger charge is -2.16. The van der Waals surface area contributed by atoms with Gasteiger partial charge in [0.25, 0.3) is 17.2 Å². The molecule has 0 aliphatic carbocycles. The van der Waals surface area contributed by atoms with E-state index < -0.39 is 4.92 Å². The molecule has 3 aromatic rings. The SMILES string of the molecule is Cc1c(C(=O)N(C)Cc2ccccc2[N+](=O)[O-])sc2nc3n(c(=O)c12)CCCCC3. The summed E-state index contributed by atoms with van der Waals surface area (Å²) in [6.07, 6.45) is 3.80. The average Bonchev–Trinajstić information content (AvgIpc) is 2.89. The van der Waals surface area contributed by atoms with Crippen LogP contribution < -0.4 is 5.56 Å². The molecule has 4 rings (SSSR count). The van der Waals surface area contributed by atoms with Crippen LogP contribution in [0.25, 0.3) is 10.2 Å². The van der Waals surface area contributed by atoms with Crippen LogP contribution in [0.3, 0.4) is 0 Å². The Balaban J connectivity index is 1.70. The van der Waals surface area contributed by atoms with Crippen molar-refractivity contribution in [2.75, 3.05) is 7.05 Å². The molecule has 3 heterocycles. The highest BCUT2D eigenvalue weighted by Gasteiger charge is 2.25. The third kappa shape index (κ3) is 3.49. The fourth-order valence-corrected chi connectivity index (χ4v) is 5.12. The van der Waals surface area contributed by atoms with Gasteiger partial charge in [0.05, 0.1) is 21.7 Å². The molecule has 0 saturated carbocycles. The molecule has 0 fully saturated rings. The van der Waals surface area contributed by atoms with Crippen LogP contribution >= 0.6 is 11.3 Å². The minimum atomic E-state index is -0.448. The van der Waals surface area contributed by atoms with Crippen molar-refractivity contribution in [2.45, 2.75) is 45.7 Å². The molecule has 0 radical (unpaired) electrons. The Morgan fingerprint density at radius 2 is 2.07 bits per heavy atom. The molecular formula is C21H22N4O4S. The third-order valence-corrected chi connectivity index (χ3v) is 6.72. The Morgan fingerprint density at radius 1 is 1.30 bits per heavy atom. The van der Waals surface area contributed by atoms with E-state index in [0.29, 0.717) is 32.8 Å². The number of nitro groups is 1. The molecule has 30 heavy (non-hydrogen) atoms. The molecule has 1 amide bonds. The van der Waals surface area contributed by atoms with Gasteiger partial charge in [0.1, 0.15) is 10.7 Å². The van der Waals surface area contributed by atoms with Gasteiger partial charge in [-0.05, 0) is 25.3 Å². The first-order valence-electron chi connectivity index (χ1n) is 9.89. The van der Waals surface area contributed by atoms with E-state index in [9.17, 15) is 19.7 Å². The molecule has 0 bridgehead atoms. The summed E-state index contributed by atoms with van der Waals surface area (Å²) in [5.74, 6) is 0.520. The summed E-state index contributed by atoms with van der Waals surface area (Å²) in [5.41, 5.74) is 0.994. The quantitative estimate of drug-likeness (QED) is 0.468. The number of aryl methyl sites for hydroxylation is 2. The molecule has 1 aromatic carbocycles. The fraction of sp³-hybridized carbons (Fsp3) is 0.381. The first-order valence-corrected chi connectivity index (χ1v) is 10.7. The first kappa shape index (κ1) is 20.2. The Kier molecular flexibility index (Phi) is 5.38. The van der Waals surface area contributed by atoms with E-state index in [0.717, 1.165) is 31.5 Å². The predicted octanol–water partition coefficient (Wildman–Crippen LogP) is 3.67. The van der Waals surface area contributed by atoms with Gasteiger partial charge in [-0.15, -0.1) is 11.3 Å². The number of hydrogen-bond acceptors (Lipinski definition) is 6. The lowest BCUT2D eigenvalue weighted by Crippen LogP contribution is -2.27. The number of nitro benzene ring substituents is 1. The van der Waals surface area contributed by atoms with Gasteiger partial charge in [0.2, 0.25) is 0 Å². The van der Waals surface area contributed by atoms with E-state index >= 15 is 0 Å². The van der Waals surface area contributed by atoms with Crippen LogP contribution in [0.5, 0.6) is 0 Å². The molecule has 0 atom stereocenters. The summed E-state index contributed by atoms with van der Waals surface area (Å²) in [6.45, 7) is 2.54. The van der Waals surface area contributed by atoms with Crippen LogP contribution in [0.4, 0.5) is 5.69 Å². The van der Waals surface area contributed by atoms with Gasteiger partial charge in [-0.25, -0.2) is 4.98 Å². The van der Waals surface area contributed by atoms with Crippen LogP contribution in [-0.2, 0) is 19.5 Å². The van der Waals surface area contributed by atoms with Gasteiger partial charge < -0.3 is 4.90 Å². The molecule has 1 aliphatic heterocycles. The smallest absolute Gasteiger partial charge is 0.274 e. The second-order valence-corrected chi connectivity index (χ2v) is 8.58. The Hall–Kier alpha value is -3.07. The predicted molar refractivity (Wildman–Crippen MR) is 115 cm³/mol. The van der Waals surface area contributed by atoms with Crippen molar-refractivity contribution in [1.29, 1.82) is 0 Å². The van der Waals surface area contributed by atoms with Crippen LogP contribution in [0.1, 0.15) is 45.9 Å². The largest absolute Gasteiger partial charge is 0.336 e. The summed E-state index contributed by atoms with van der Waals surface area (Å²) < 4.78 is 1.75. The number of rotatable bonds is 4. The normalized spacial score (nSPS) is 13.7. The average molecular weight is 426 g/mol. The van der Waals surface area contributed by atoms with E-state index in [4.69, 9.17) is 4.98 Å². The number of benzene rings is 1. The van der Waals surface area contributed by atoms with E-state index in [1.54, 1.807) is 36.7 Å². The Labute approximate surface area is 176 Å². The molecule has 156 valence electrons. The van der Waals surface area contributed by atoms with Crippen LogP contribution in [-0.4, -0.2) is 32.3 Å². The Bertz CT molecular complexity index is 1210. The van der Waals surface area contributed by atoms with Gasteiger partial charge in [-0.1, -0.05) is 24.6 Å². The van der Waals surface area contributed by atoms with Crippen LogP contribution in [0.15, 0.2) is 29.1 Å². The monoisotopic (exact) mass is 426 g/mol. The second kappa shape index (κ2) is 7.98. The van der Waals surface area contributed by atoms with E-state index in [1.165, 1.54) is 22.3 Å². The summed E-state index contributed by atoms with van der Waals surface area (Å²) in [6, 6.07) is 6.38. The van der Waals surface area contributed by atoms with Crippen molar-refractivity contribution in [3.05, 3.63) is 66.6 Å². The highest BCUT2D eigenvalue weighted by Crippen LogP contribution is 2.30. The lowest BCUT2D eigenvalue weighted by atomic mass is 10.1. The second-order valence-electron chi connectivity index (χ2n) is 7.58. The maximum Gasteiger partial charge on any atom is 0.274 e. The number of amides is 1. The molecule has 0 N–H and O–H groups in total. The zero-order chi connectivity index (χ0) is 21.4. The molecular weight excluding hydrogens is 404 g/mol.